The number of carboxylic acid groups (broad SMARTS) is 1. The van der Waals surface area contributed by atoms with Gasteiger partial charge in [-0.3, -0.25) is 9.97 Å². The van der Waals surface area contributed by atoms with Gasteiger partial charge in [-0.25, -0.2) is 4.79 Å². The summed E-state index contributed by atoms with van der Waals surface area (Å²) in [7, 11) is 0. The van der Waals surface area contributed by atoms with Gasteiger partial charge in [-0.2, -0.15) is 0 Å². The van der Waals surface area contributed by atoms with Crippen LogP contribution in [0.1, 0.15) is 39.5 Å². The standard InChI is InChI=1S/C25H20N4O3S/c30-24(31)18-7-3-6-17(13-18)20-9-10-21(32-20)23-22(19-8-1-2-12-27-19)28-25(33)29(23)15-16-5-4-11-26-14-16/h1-14,22-23H,15H2,(H,28,33)(H,30,31)/t22-,23+/m0/s1. The van der Waals surface area contributed by atoms with Crippen LogP contribution in [0.3, 0.4) is 0 Å². The van der Waals surface area contributed by atoms with Crippen molar-refractivity contribution in [3.63, 3.8) is 0 Å². The van der Waals surface area contributed by atoms with Crippen LogP contribution in [-0.4, -0.2) is 31.1 Å². The van der Waals surface area contributed by atoms with E-state index in [2.05, 4.69) is 20.2 Å². The first-order valence-corrected chi connectivity index (χ1v) is 10.8. The summed E-state index contributed by atoms with van der Waals surface area (Å²) in [5, 5.41) is 13.3. The molecule has 2 N–H and O–H groups in total. The van der Waals surface area contributed by atoms with E-state index in [1.807, 2.05) is 54.7 Å². The number of hydrogen-bond acceptors (Lipinski definition) is 5. The monoisotopic (exact) mass is 456 g/mol. The number of nitrogens with zero attached hydrogens (tertiary/aromatic N) is 3. The van der Waals surface area contributed by atoms with Crippen molar-refractivity contribution in [2.45, 2.75) is 18.6 Å². The molecular formula is C25H20N4O3S. The number of benzene rings is 1. The van der Waals surface area contributed by atoms with Crippen molar-refractivity contribution in [1.29, 1.82) is 0 Å². The molecule has 0 amide bonds. The van der Waals surface area contributed by atoms with Crippen molar-refractivity contribution in [2.75, 3.05) is 0 Å². The molecular weight excluding hydrogens is 436 g/mol. The van der Waals surface area contributed by atoms with Gasteiger partial charge in [0.1, 0.15) is 17.6 Å². The molecule has 164 valence electrons. The molecule has 1 aliphatic heterocycles. The Morgan fingerprint density at radius 1 is 1.09 bits per heavy atom. The average Bonchev–Trinajstić information content (AvgIpc) is 3.45. The highest BCUT2D eigenvalue weighted by Crippen LogP contribution is 2.41. The highest BCUT2D eigenvalue weighted by molar-refractivity contribution is 7.80. The molecule has 4 aromatic rings. The van der Waals surface area contributed by atoms with Crippen LogP contribution in [0.4, 0.5) is 0 Å². The molecule has 0 unspecified atom stereocenters. The third-order valence-electron chi connectivity index (χ3n) is 5.59. The highest BCUT2D eigenvalue weighted by atomic mass is 32.1. The average molecular weight is 457 g/mol. The molecule has 1 fully saturated rings. The zero-order valence-electron chi connectivity index (χ0n) is 17.5. The van der Waals surface area contributed by atoms with Gasteiger partial charge in [0.05, 0.1) is 17.3 Å². The molecule has 0 radical (unpaired) electrons. The summed E-state index contributed by atoms with van der Waals surface area (Å²) < 4.78 is 6.28. The molecule has 5 rings (SSSR count). The van der Waals surface area contributed by atoms with E-state index in [-0.39, 0.29) is 17.6 Å². The van der Waals surface area contributed by atoms with Crippen LogP contribution in [-0.2, 0) is 6.54 Å². The number of hydrogen-bond donors (Lipinski definition) is 2. The Kier molecular flexibility index (Phi) is 5.58. The number of nitrogens with one attached hydrogen (secondary N) is 1. The lowest BCUT2D eigenvalue weighted by Crippen LogP contribution is -2.29. The van der Waals surface area contributed by atoms with Crippen LogP contribution in [0.25, 0.3) is 11.3 Å². The molecule has 0 bridgehead atoms. The van der Waals surface area contributed by atoms with E-state index in [4.69, 9.17) is 16.6 Å². The van der Waals surface area contributed by atoms with Crippen LogP contribution < -0.4 is 5.32 Å². The molecule has 7 nitrogen and oxygen atoms in total. The summed E-state index contributed by atoms with van der Waals surface area (Å²) in [5.74, 6) is 0.316. The number of carbonyl (C=O) groups is 1. The summed E-state index contributed by atoms with van der Waals surface area (Å²) in [6, 6.07) is 19.7. The maximum atomic E-state index is 11.4. The molecule has 0 spiro atoms. The summed E-state index contributed by atoms with van der Waals surface area (Å²) >= 11 is 5.70. The zero-order valence-corrected chi connectivity index (χ0v) is 18.3. The van der Waals surface area contributed by atoms with E-state index in [1.165, 1.54) is 0 Å². The second-order valence-electron chi connectivity index (χ2n) is 7.70. The number of pyridine rings is 2. The second kappa shape index (κ2) is 8.84. The Labute approximate surface area is 195 Å². The van der Waals surface area contributed by atoms with Gasteiger partial charge in [0.2, 0.25) is 0 Å². The van der Waals surface area contributed by atoms with Gasteiger partial charge in [-0.1, -0.05) is 24.3 Å². The quantitative estimate of drug-likeness (QED) is 0.407. The summed E-state index contributed by atoms with van der Waals surface area (Å²) in [4.78, 5) is 22.2. The summed E-state index contributed by atoms with van der Waals surface area (Å²) in [5.41, 5.74) is 2.78. The third kappa shape index (κ3) is 4.20. The Balaban J connectivity index is 1.53. The lowest BCUT2D eigenvalue weighted by molar-refractivity contribution is 0.0697. The summed E-state index contributed by atoms with van der Waals surface area (Å²) in [6.45, 7) is 0.554. The van der Waals surface area contributed by atoms with Crippen molar-refractivity contribution in [3.05, 3.63) is 108 Å². The molecule has 0 saturated carbocycles. The first-order valence-electron chi connectivity index (χ1n) is 10.4. The first-order chi connectivity index (χ1) is 16.1. The molecule has 2 atom stereocenters. The van der Waals surface area contributed by atoms with Crippen LogP contribution in [0.5, 0.6) is 0 Å². The molecule has 1 aliphatic rings. The van der Waals surface area contributed by atoms with E-state index in [1.54, 1.807) is 30.6 Å². The van der Waals surface area contributed by atoms with Gasteiger partial charge in [-0.15, -0.1) is 0 Å². The van der Waals surface area contributed by atoms with E-state index in [0.29, 0.717) is 28.7 Å². The van der Waals surface area contributed by atoms with Crippen molar-refractivity contribution < 1.29 is 14.3 Å². The molecule has 3 aromatic heterocycles. The SMILES string of the molecule is O=C(O)c1cccc(-c2ccc([C@@H]3[C@H](c4ccccn4)NC(=S)N3Cc3cccnc3)o2)c1. The van der Waals surface area contributed by atoms with Crippen LogP contribution in [0.2, 0.25) is 0 Å². The zero-order chi connectivity index (χ0) is 22.8. The number of furan rings is 1. The predicted molar refractivity (Wildman–Crippen MR) is 126 cm³/mol. The van der Waals surface area contributed by atoms with Crippen molar-refractivity contribution in [2.24, 2.45) is 0 Å². The smallest absolute Gasteiger partial charge is 0.335 e. The Bertz CT molecular complexity index is 1290. The Hall–Kier alpha value is -4.04. The maximum absolute atomic E-state index is 11.4. The Morgan fingerprint density at radius 3 is 2.76 bits per heavy atom. The van der Waals surface area contributed by atoms with Crippen molar-refractivity contribution >= 4 is 23.3 Å². The van der Waals surface area contributed by atoms with Gasteiger partial charge in [0.15, 0.2) is 5.11 Å². The number of rotatable bonds is 6. The normalized spacial score (nSPS) is 17.7. The second-order valence-corrected chi connectivity index (χ2v) is 8.09. The Morgan fingerprint density at radius 2 is 2.00 bits per heavy atom. The van der Waals surface area contributed by atoms with Gasteiger partial charge in [0, 0.05) is 30.7 Å². The lowest BCUT2D eigenvalue weighted by Gasteiger charge is -2.26. The van der Waals surface area contributed by atoms with Crippen molar-refractivity contribution in [3.8, 4) is 11.3 Å². The number of thiocarbonyl (C=S) groups is 1. The van der Waals surface area contributed by atoms with Gasteiger partial charge < -0.3 is 19.7 Å². The molecule has 4 heterocycles. The van der Waals surface area contributed by atoms with E-state index >= 15 is 0 Å². The van der Waals surface area contributed by atoms with Gasteiger partial charge in [-0.05, 0) is 60.2 Å². The van der Waals surface area contributed by atoms with E-state index in [9.17, 15) is 9.90 Å². The first kappa shape index (κ1) is 20.8. The number of aromatic nitrogens is 2. The van der Waals surface area contributed by atoms with E-state index < -0.39 is 5.97 Å². The fourth-order valence-corrected chi connectivity index (χ4v) is 4.35. The maximum Gasteiger partial charge on any atom is 0.335 e. The largest absolute Gasteiger partial charge is 0.478 e. The number of aromatic carboxylic acids is 1. The minimum atomic E-state index is -0.980. The third-order valence-corrected chi connectivity index (χ3v) is 5.94. The van der Waals surface area contributed by atoms with Crippen LogP contribution >= 0.6 is 12.2 Å². The molecule has 33 heavy (non-hydrogen) atoms. The highest BCUT2D eigenvalue weighted by Gasteiger charge is 2.41. The van der Waals surface area contributed by atoms with Gasteiger partial charge in [0.25, 0.3) is 0 Å². The van der Waals surface area contributed by atoms with Gasteiger partial charge >= 0.3 is 5.97 Å². The summed E-state index contributed by atoms with van der Waals surface area (Å²) in [6.07, 6.45) is 5.31. The molecule has 0 aliphatic carbocycles. The minimum absolute atomic E-state index is 0.207. The fraction of sp³-hybridized carbons (Fsp3) is 0.120. The molecule has 8 heteroatoms. The predicted octanol–water partition coefficient (Wildman–Crippen LogP) is 4.61. The fourth-order valence-electron chi connectivity index (χ4n) is 4.05. The minimum Gasteiger partial charge on any atom is -0.478 e. The molecule has 1 aromatic carbocycles. The number of carboxylic acids is 1. The van der Waals surface area contributed by atoms with Crippen molar-refractivity contribution in [1.82, 2.24) is 20.2 Å². The van der Waals surface area contributed by atoms with Crippen LogP contribution in [0, 0.1) is 0 Å². The lowest BCUT2D eigenvalue weighted by atomic mass is 10.0. The molecule has 1 saturated heterocycles. The van der Waals surface area contributed by atoms with E-state index in [0.717, 1.165) is 11.3 Å². The van der Waals surface area contributed by atoms with Crippen LogP contribution in [0.15, 0.2) is 89.7 Å². The topological polar surface area (TPSA) is 91.5 Å².